The molecule has 7 heteroatoms. The second-order valence-electron chi connectivity index (χ2n) is 6.26. The minimum Gasteiger partial charge on any atom is -0.353 e. The van der Waals surface area contributed by atoms with Crippen LogP contribution in [0, 0.1) is 5.92 Å². The number of hydrogen-bond donors (Lipinski definition) is 1. The summed E-state index contributed by atoms with van der Waals surface area (Å²) in [6, 6.07) is 4.18. The summed E-state index contributed by atoms with van der Waals surface area (Å²) < 4.78 is 4.32. The van der Waals surface area contributed by atoms with Crippen molar-refractivity contribution in [1.82, 2.24) is 24.3 Å². The number of aromatic nitrogens is 3. The van der Waals surface area contributed by atoms with Gasteiger partial charge >= 0.3 is 0 Å². The van der Waals surface area contributed by atoms with Crippen LogP contribution in [-0.2, 0) is 26.7 Å². The maximum absolute atomic E-state index is 4.45. The standard InChI is InChI=1S/C17H28N6.HI/c1-14(2)12-23-10-8-19-16(23)11-20-17(18-3)22(5)13-15-7-6-9-21(15)4;/h6-10,14H,11-13H2,1-5H3,(H,18,20);1H. The first-order valence-electron chi connectivity index (χ1n) is 8.03. The van der Waals surface area contributed by atoms with Crippen molar-refractivity contribution in [2.45, 2.75) is 33.5 Å². The third-order valence-corrected chi connectivity index (χ3v) is 3.79. The van der Waals surface area contributed by atoms with Gasteiger partial charge in [0, 0.05) is 52.0 Å². The molecule has 24 heavy (non-hydrogen) atoms. The van der Waals surface area contributed by atoms with Gasteiger partial charge in [0.25, 0.3) is 0 Å². The van der Waals surface area contributed by atoms with Crippen LogP contribution in [0.15, 0.2) is 35.7 Å². The largest absolute Gasteiger partial charge is 0.353 e. The maximum atomic E-state index is 4.45. The molecule has 0 aliphatic heterocycles. The van der Waals surface area contributed by atoms with Gasteiger partial charge in [0.1, 0.15) is 5.82 Å². The number of rotatable bonds is 6. The number of nitrogens with one attached hydrogen (secondary N) is 1. The van der Waals surface area contributed by atoms with E-state index >= 15 is 0 Å². The normalized spacial score (nSPS) is 11.5. The smallest absolute Gasteiger partial charge is 0.194 e. The van der Waals surface area contributed by atoms with E-state index in [9.17, 15) is 0 Å². The zero-order chi connectivity index (χ0) is 16.8. The highest BCUT2D eigenvalue weighted by Crippen LogP contribution is 2.06. The number of guanidine groups is 1. The second kappa shape index (κ2) is 9.71. The predicted octanol–water partition coefficient (Wildman–Crippen LogP) is 2.70. The molecule has 0 unspecified atom stereocenters. The Labute approximate surface area is 162 Å². The Morgan fingerprint density at radius 3 is 2.71 bits per heavy atom. The fourth-order valence-corrected chi connectivity index (χ4v) is 2.59. The zero-order valence-electron chi connectivity index (χ0n) is 15.2. The number of halogens is 1. The van der Waals surface area contributed by atoms with Crippen LogP contribution < -0.4 is 5.32 Å². The number of imidazole rings is 1. The molecule has 0 spiro atoms. The molecule has 0 saturated heterocycles. The van der Waals surface area contributed by atoms with Crippen molar-refractivity contribution in [2.75, 3.05) is 14.1 Å². The summed E-state index contributed by atoms with van der Waals surface area (Å²) in [5, 5.41) is 3.40. The van der Waals surface area contributed by atoms with Crippen LogP contribution in [0.1, 0.15) is 25.4 Å². The lowest BCUT2D eigenvalue weighted by Crippen LogP contribution is -2.38. The molecule has 0 saturated carbocycles. The van der Waals surface area contributed by atoms with Crippen molar-refractivity contribution in [1.29, 1.82) is 0 Å². The minimum atomic E-state index is 0. The van der Waals surface area contributed by atoms with Gasteiger partial charge in [0.15, 0.2) is 5.96 Å². The Morgan fingerprint density at radius 2 is 2.12 bits per heavy atom. The lowest BCUT2D eigenvalue weighted by atomic mass is 10.2. The molecule has 1 N–H and O–H groups in total. The van der Waals surface area contributed by atoms with Crippen molar-refractivity contribution in [2.24, 2.45) is 18.0 Å². The van der Waals surface area contributed by atoms with Crippen molar-refractivity contribution >= 4 is 29.9 Å². The van der Waals surface area contributed by atoms with E-state index in [1.54, 1.807) is 0 Å². The summed E-state index contributed by atoms with van der Waals surface area (Å²) >= 11 is 0. The van der Waals surface area contributed by atoms with E-state index in [2.05, 4.69) is 68.6 Å². The Kier molecular flexibility index (Phi) is 8.30. The third kappa shape index (κ3) is 5.54. The molecule has 0 radical (unpaired) electrons. The first-order valence-corrected chi connectivity index (χ1v) is 8.03. The maximum Gasteiger partial charge on any atom is 0.194 e. The molecule has 2 aromatic heterocycles. The van der Waals surface area contributed by atoms with Crippen LogP contribution in [0.25, 0.3) is 0 Å². The molecule has 0 aromatic carbocycles. The zero-order valence-corrected chi connectivity index (χ0v) is 17.6. The van der Waals surface area contributed by atoms with Crippen molar-refractivity contribution < 1.29 is 0 Å². The highest BCUT2D eigenvalue weighted by molar-refractivity contribution is 14.0. The molecular formula is C17H29IN6. The van der Waals surface area contributed by atoms with Gasteiger partial charge in [-0.3, -0.25) is 4.99 Å². The van der Waals surface area contributed by atoms with Gasteiger partial charge in [-0.15, -0.1) is 24.0 Å². The molecule has 0 amide bonds. The van der Waals surface area contributed by atoms with Crippen molar-refractivity contribution in [3.05, 3.63) is 42.2 Å². The van der Waals surface area contributed by atoms with E-state index in [1.807, 2.05) is 26.5 Å². The van der Waals surface area contributed by atoms with E-state index in [0.717, 1.165) is 24.9 Å². The second-order valence-corrected chi connectivity index (χ2v) is 6.26. The molecule has 0 atom stereocenters. The third-order valence-electron chi connectivity index (χ3n) is 3.79. The summed E-state index contributed by atoms with van der Waals surface area (Å²) in [4.78, 5) is 10.9. The van der Waals surface area contributed by atoms with Gasteiger partial charge in [-0.05, 0) is 18.1 Å². The minimum absolute atomic E-state index is 0. The Hall–Kier alpha value is -1.51. The molecular weight excluding hydrogens is 415 g/mol. The molecule has 0 bridgehead atoms. The molecule has 0 aliphatic rings. The van der Waals surface area contributed by atoms with Crippen LogP contribution in [0.3, 0.4) is 0 Å². The quantitative estimate of drug-likeness (QED) is 0.424. The van der Waals surface area contributed by atoms with Gasteiger partial charge in [0.2, 0.25) is 0 Å². The van der Waals surface area contributed by atoms with Crippen LogP contribution in [0.5, 0.6) is 0 Å². The summed E-state index contributed by atoms with van der Waals surface area (Å²) in [5.41, 5.74) is 1.25. The predicted molar refractivity (Wildman–Crippen MR) is 110 cm³/mol. The SMILES string of the molecule is CN=C(NCc1nccn1CC(C)C)N(C)Cc1cccn1C.I. The van der Waals surface area contributed by atoms with Crippen LogP contribution in [-0.4, -0.2) is 39.1 Å². The number of hydrogen-bond acceptors (Lipinski definition) is 2. The van der Waals surface area contributed by atoms with Gasteiger partial charge in [-0.25, -0.2) is 4.98 Å². The van der Waals surface area contributed by atoms with Gasteiger partial charge in [0.05, 0.1) is 13.1 Å². The van der Waals surface area contributed by atoms with Crippen molar-refractivity contribution in [3.63, 3.8) is 0 Å². The fourth-order valence-electron chi connectivity index (χ4n) is 2.59. The van der Waals surface area contributed by atoms with E-state index < -0.39 is 0 Å². The molecule has 0 fully saturated rings. The van der Waals surface area contributed by atoms with E-state index in [-0.39, 0.29) is 24.0 Å². The summed E-state index contributed by atoms with van der Waals surface area (Å²) in [6.07, 6.45) is 5.95. The Bertz CT molecular complexity index is 643. The molecule has 0 aliphatic carbocycles. The lowest BCUT2D eigenvalue weighted by molar-refractivity contribution is 0.456. The summed E-state index contributed by atoms with van der Waals surface area (Å²) in [7, 11) is 5.91. The summed E-state index contributed by atoms with van der Waals surface area (Å²) in [5.74, 6) is 2.50. The number of aryl methyl sites for hydroxylation is 1. The number of nitrogens with zero attached hydrogens (tertiary/aromatic N) is 5. The van der Waals surface area contributed by atoms with Crippen LogP contribution in [0.2, 0.25) is 0 Å². The first kappa shape index (κ1) is 20.5. The van der Waals surface area contributed by atoms with Gasteiger partial charge < -0.3 is 19.4 Å². The lowest BCUT2D eigenvalue weighted by Gasteiger charge is -2.22. The van der Waals surface area contributed by atoms with E-state index in [4.69, 9.17) is 0 Å². The van der Waals surface area contributed by atoms with Gasteiger partial charge in [-0.2, -0.15) is 0 Å². The topological polar surface area (TPSA) is 50.4 Å². The van der Waals surface area contributed by atoms with E-state index in [0.29, 0.717) is 12.5 Å². The van der Waals surface area contributed by atoms with E-state index in [1.165, 1.54) is 5.69 Å². The summed E-state index contributed by atoms with van der Waals surface area (Å²) in [6.45, 7) is 6.88. The molecule has 2 heterocycles. The molecule has 6 nitrogen and oxygen atoms in total. The fraction of sp³-hybridized carbons (Fsp3) is 0.529. The van der Waals surface area contributed by atoms with Crippen LogP contribution >= 0.6 is 24.0 Å². The average Bonchev–Trinajstić information content (AvgIpc) is 3.09. The highest BCUT2D eigenvalue weighted by Gasteiger charge is 2.10. The monoisotopic (exact) mass is 444 g/mol. The average molecular weight is 444 g/mol. The molecule has 134 valence electrons. The van der Waals surface area contributed by atoms with Gasteiger partial charge in [-0.1, -0.05) is 13.8 Å². The Balaban J connectivity index is 0.00000288. The molecule has 2 aromatic rings. The van der Waals surface area contributed by atoms with Crippen molar-refractivity contribution in [3.8, 4) is 0 Å². The Morgan fingerprint density at radius 1 is 1.38 bits per heavy atom. The molecule has 2 rings (SSSR count). The first-order chi connectivity index (χ1) is 11.0. The van der Waals surface area contributed by atoms with Crippen LogP contribution in [0.4, 0.5) is 0 Å². The highest BCUT2D eigenvalue weighted by atomic mass is 127. The number of aliphatic imine (C=N–C) groups is 1.